The fraction of sp³-hybridized carbons (Fsp3) is 0.194. The number of fused-ring (bicyclic) bond motifs is 4. The van der Waals surface area contributed by atoms with E-state index in [1.807, 2.05) is 36.4 Å². The van der Waals surface area contributed by atoms with E-state index in [1.54, 1.807) is 36.2 Å². The van der Waals surface area contributed by atoms with Crippen molar-refractivity contribution < 1.29 is 19.0 Å². The predicted octanol–water partition coefficient (Wildman–Crippen LogP) is 4.76. The van der Waals surface area contributed by atoms with E-state index >= 15 is 0 Å². The zero-order valence-electron chi connectivity index (χ0n) is 22.5. The van der Waals surface area contributed by atoms with Gasteiger partial charge in [0.25, 0.3) is 5.56 Å². The summed E-state index contributed by atoms with van der Waals surface area (Å²) in [5.41, 5.74) is 4.54. The summed E-state index contributed by atoms with van der Waals surface area (Å²) < 4.78 is 18.6. The van der Waals surface area contributed by atoms with Crippen molar-refractivity contribution in [1.29, 1.82) is 0 Å². The SMILES string of the molecule is CCOC(=O)C1=C(C)N=c2s/c(=C/c3ccc4c(c3)Sc3ccccc3N4C)c(=O)n2[C@H]1c1ccc2c(c1)OCO2. The van der Waals surface area contributed by atoms with Gasteiger partial charge in [-0.1, -0.05) is 47.4 Å². The quantitative estimate of drug-likeness (QED) is 0.321. The Morgan fingerprint density at radius 3 is 2.73 bits per heavy atom. The molecule has 206 valence electrons. The molecular formula is C31H25N3O5S2. The summed E-state index contributed by atoms with van der Waals surface area (Å²) in [4.78, 5) is 36.9. The molecule has 4 aromatic rings. The molecule has 8 nitrogen and oxygen atoms in total. The Balaban J connectivity index is 1.35. The molecular weight excluding hydrogens is 558 g/mol. The second-order valence-electron chi connectivity index (χ2n) is 9.77. The maximum atomic E-state index is 14.0. The molecule has 1 atom stereocenters. The van der Waals surface area contributed by atoms with Crippen molar-refractivity contribution in [3.8, 4) is 11.5 Å². The first kappa shape index (κ1) is 25.7. The number of ether oxygens (including phenoxy) is 3. The van der Waals surface area contributed by atoms with Gasteiger partial charge in [-0.15, -0.1) is 0 Å². The molecule has 4 heterocycles. The van der Waals surface area contributed by atoms with E-state index in [2.05, 4.69) is 41.2 Å². The zero-order valence-corrected chi connectivity index (χ0v) is 24.2. The van der Waals surface area contributed by atoms with Crippen molar-refractivity contribution in [2.75, 3.05) is 25.3 Å². The number of nitrogens with zero attached hydrogens (tertiary/aromatic N) is 3. The number of esters is 1. The minimum absolute atomic E-state index is 0.127. The first-order valence-corrected chi connectivity index (χ1v) is 14.8. The highest BCUT2D eigenvalue weighted by Crippen LogP contribution is 2.47. The molecule has 0 amide bonds. The van der Waals surface area contributed by atoms with Crippen molar-refractivity contribution in [3.63, 3.8) is 0 Å². The van der Waals surface area contributed by atoms with E-state index in [4.69, 9.17) is 14.2 Å². The summed E-state index contributed by atoms with van der Waals surface area (Å²) >= 11 is 3.02. The van der Waals surface area contributed by atoms with Gasteiger partial charge >= 0.3 is 5.97 Å². The molecule has 0 N–H and O–H groups in total. The third kappa shape index (κ3) is 4.25. The number of anilines is 2. The van der Waals surface area contributed by atoms with Crippen LogP contribution in [0, 0.1) is 0 Å². The first-order chi connectivity index (χ1) is 19.9. The topological polar surface area (TPSA) is 82.4 Å². The Morgan fingerprint density at radius 2 is 1.88 bits per heavy atom. The maximum absolute atomic E-state index is 14.0. The highest BCUT2D eigenvalue weighted by Gasteiger charge is 2.34. The molecule has 7 rings (SSSR count). The molecule has 0 aliphatic carbocycles. The van der Waals surface area contributed by atoms with Crippen molar-refractivity contribution in [3.05, 3.63) is 103 Å². The predicted molar refractivity (Wildman–Crippen MR) is 158 cm³/mol. The summed E-state index contributed by atoms with van der Waals surface area (Å²) in [7, 11) is 2.06. The largest absolute Gasteiger partial charge is 0.463 e. The summed E-state index contributed by atoms with van der Waals surface area (Å²) in [6.45, 7) is 3.87. The van der Waals surface area contributed by atoms with Gasteiger partial charge in [-0.3, -0.25) is 9.36 Å². The smallest absolute Gasteiger partial charge is 0.338 e. The van der Waals surface area contributed by atoms with Gasteiger partial charge in [-0.05, 0) is 67.4 Å². The van der Waals surface area contributed by atoms with Crippen LogP contribution < -0.4 is 29.3 Å². The van der Waals surface area contributed by atoms with E-state index in [-0.39, 0.29) is 19.0 Å². The molecule has 3 aromatic carbocycles. The van der Waals surface area contributed by atoms with E-state index in [0.29, 0.717) is 37.7 Å². The summed E-state index contributed by atoms with van der Waals surface area (Å²) in [6.07, 6.45) is 1.89. The van der Waals surface area contributed by atoms with Crippen LogP contribution >= 0.6 is 23.1 Å². The lowest BCUT2D eigenvalue weighted by Crippen LogP contribution is -2.39. The van der Waals surface area contributed by atoms with Crippen LogP contribution in [0.25, 0.3) is 6.08 Å². The van der Waals surface area contributed by atoms with Gasteiger partial charge in [0.05, 0.1) is 39.8 Å². The van der Waals surface area contributed by atoms with Crippen molar-refractivity contribution in [1.82, 2.24) is 4.57 Å². The van der Waals surface area contributed by atoms with Crippen LogP contribution in [0.15, 0.2) is 91.5 Å². The minimum Gasteiger partial charge on any atom is -0.463 e. The zero-order chi connectivity index (χ0) is 28.2. The maximum Gasteiger partial charge on any atom is 0.338 e. The lowest BCUT2D eigenvalue weighted by Gasteiger charge is -2.29. The second kappa shape index (κ2) is 9.97. The van der Waals surface area contributed by atoms with Gasteiger partial charge in [0.15, 0.2) is 16.3 Å². The number of thiazole rings is 1. The van der Waals surface area contributed by atoms with Crippen molar-refractivity contribution in [2.45, 2.75) is 29.7 Å². The van der Waals surface area contributed by atoms with Gasteiger partial charge < -0.3 is 19.1 Å². The fourth-order valence-corrected chi connectivity index (χ4v) is 7.63. The van der Waals surface area contributed by atoms with Crippen LogP contribution in [0.1, 0.15) is 31.0 Å². The Morgan fingerprint density at radius 1 is 1.07 bits per heavy atom. The molecule has 3 aliphatic rings. The third-order valence-corrected chi connectivity index (χ3v) is 9.41. The number of hydrogen-bond donors (Lipinski definition) is 0. The summed E-state index contributed by atoms with van der Waals surface area (Å²) in [5, 5.41) is 0. The number of rotatable bonds is 4. The van der Waals surface area contributed by atoms with Crippen molar-refractivity contribution >= 4 is 46.5 Å². The molecule has 10 heteroatoms. The standard InChI is InChI=1S/C31H25N3O5S2/c1-4-37-30(36)27-17(2)32-31-34(28(27)19-10-12-22-23(15-19)39-16-38-22)29(35)26(41-31)14-18-9-11-21-25(13-18)40-24-8-6-5-7-20(24)33(21)3/h5-15,28H,4,16H2,1-3H3/b26-14+/t28-/m0/s1. The molecule has 0 spiro atoms. The van der Waals surface area contributed by atoms with E-state index < -0.39 is 12.0 Å². The molecule has 0 saturated carbocycles. The average Bonchev–Trinajstić information content (AvgIpc) is 3.56. The summed E-state index contributed by atoms with van der Waals surface area (Å²) in [6, 6.07) is 19.3. The lowest BCUT2D eigenvalue weighted by atomic mass is 9.95. The van der Waals surface area contributed by atoms with E-state index in [1.165, 1.54) is 21.9 Å². The molecule has 1 aromatic heterocycles. The lowest BCUT2D eigenvalue weighted by molar-refractivity contribution is -0.139. The second-order valence-corrected chi connectivity index (χ2v) is 11.9. The number of benzene rings is 3. The molecule has 0 bridgehead atoms. The van der Waals surface area contributed by atoms with E-state index in [9.17, 15) is 9.59 Å². The molecule has 0 fully saturated rings. The van der Waals surface area contributed by atoms with E-state index in [0.717, 1.165) is 16.1 Å². The van der Waals surface area contributed by atoms with Gasteiger partial charge in [-0.25, -0.2) is 9.79 Å². The van der Waals surface area contributed by atoms with Crippen molar-refractivity contribution in [2.24, 2.45) is 4.99 Å². The third-order valence-electron chi connectivity index (χ3n) is 7.32. The number of carbonyl (C=O) groups excluding carboxylic acids is 1. The molecule has 41 heavy (non-hydrogen) atoms. The Labute approximate surface area is 243 Å². The van der Waals surface area contributed by atoms with Gasteiger partial charge in [-0.2, -0.15) is 0 Å². The molecule has 0 saturated heterocycles. The van der Waals surface area contributed by atoms with Gasteiger partial charge in [0, 0.05) is 16.8 Å². The van der Waals surface area contributed by atoms with Gasteiger partial charge in [0.1, 0.15) is 0 Å². The van der Waals surface area contributed by atoms with Crippen LogP contribution in [-0.2, 0) is 9.53 Å². The van der Waals surface area contributed by atoms with Crippen LogP contribution in [-0.4, -0.2) is 31.0 Å². The van der Waals surface area contributed by atoms with Crippen LogP contribution in [0.4, 0.5) is 11.4 Å². The monoisotopic (exact) mass is 583 g/mol. The number of para-hydroxylation sites is 1. The number of allylic oxidation sites excluding steroid dienone is 1. The molecule has 3 aliphatic heterocycles. The Bertz CT molecular complexity index is 1960. The fourth-order valence-electron chi connectivity index (χ4n) is 5.39. The average molecular weight is 584 g/mol. The number of carbonyl (C=O) groups is 1. The molecule has 0 radical (unpaired) electrons. The first-order valence-electron chi connectivity index (χ1n) is 13.2. The van der Waals surface area contributed by atoms with Crippen LogP contribution in [0.5, 0.6) is 11.5 Å². The normalized spacial score (nSPS) is 17.1. The van der Waals surface area contributed by atoms with Gasteiger partial charge in [0.2, 0.25) is 6.79 Å². The highest BCUT2D eigenvalue weighted by atomic mass is 32.2. The van der Waals surface area contributed by atoms with Crippen LogP contribution in [0.2, 0.25) is 0 Å². The Kier molecular flexibility index (Phi) is 6.24. The Hall–Kier alpha value is -4.28. The molecule has 0 unspecified atom stereocenters. The highest BCUT2D eigenvalue weighted by molar-refractivity contribution is 7.99. The number of aromatic nitrogens is 1. The summed E-state index contributed by atoms with van der Waals surface area (Å²) in [5.74, 6) is 0.695. The van der Waals surface area contributed by atoms with Crippen LogP contribution in [0.3, 0.4) is 0 Å². The minimum atomic E-state index is -0.716. The number of hydrogen-bond acceptors (Lipinski definition) is 9.